The van der Waals surface area contributed by atoms with Gasteiger partial charge in [0.25, 0.3) is 5.91 Å². The number of nitrogens with zero attached hydrogens (tertiary/aromatic N) is 1. The lowest BCUT2D eigenvalue weighted by molar-refractivity contribution is -0.118. The molecule has 1 heterocycles. The number of ether oxygens (including phenoxy) is 1. The summed E-state index contributed by atoms with van der Waals surface area (Å²) in [5.74, 6) is 1.37. The largest absolute Gasteiger partial charge is 0.484 e. The highest BCUT2D eigenvalue weighted by Gasteiger charge is 2.05. The van der Waals surface area contributed by atoms with Crippen LogP contribution in [0.4, 0.5) is 5.69 Å². The molecule has 0 aliphatic carbocycles. The number of aromatic amines is 1. The number of nitrogens with one attached hydrogen (secondary N) is 2. The molecule has 5 heteroatoms. The molecule has 0 aliphatic rings. The van der Waals surface area contributed by atoms with Gasteiger partial charge in [0.2, 0.25) is 0 Å². The Hall–Kier alpha value is -3.08. The van der Waals surface area contributed by atoms with Crippen molar-refractivity contribution in [1.29, 1.82) is 0 Å². The summed E-state index contributed by atoms with van der Waals surface area (Å²) in [6, 6.07) is 15.2. The third-order valence-corrected chi connectivity index (χ3v) is 3.54. The second-order valence-electron chi connectivity index (χ2n) is 5.61. The first-order valence-corrected chi connectivity index (χ1v) is 7.71. The predicted molar refractivity (Wildman–Crippen MR) is 94.1 cm³/mol. The molecule has 0 aliphatic heterocycles. The van der Waals surface area contributed by atoms with Crippen LogP contribution in [0.25, 0.3) is 11.3 Å². The average Bonchev–Trinajstić information content (AvgIpc) is 3.00. The number of H-pyrrole nitrogens is 1. The van der Waals surface area contributed by atoms with E-state index in [9.17, 15) is 4.79 Å². The summed E-state index contributed by atoms with van der Waals surface area (Å²) in [5, 5.41) is 2.82. The lowest BCUT2D eigenvalue weighted by Crippen LogP contribution is -2.20. The molecular formula is C19H19N3O2. The Kier molecular flexibility index (Phi) is 4.61. The summed E-state index contributed by atoms with van der Waals surface area (Å²) in [7, 11) is 0. The zero-order chi connectivity index (χ0) is 16.9. The van der Waals surface area contributed by atoms with Gasteiger partial charge in [-0.15, -0.1) is 0 Å². The maximum Gasteiger partial charge on any atom is 0.262 e. The fourth-order valence-corrected chi connectivity index (χ4v) is 2.35. The number of imidazole rings is 1. The van der Waals surface area contributed by atoms with E-state index in [1.807, 2.05) is 62.4 Å². The summed E-state index contributed by atoms with van der Waals surface area (Å²) < 4.78 is 5.49. The summed E-state index contributed by atoms with van der Waals surface area (Å²) in [5.41, 5.74) is 3.79. The van der Waals surface area contributed by atoms with E-state index in [2.05, 4.69) is 15.3 Å². The first-order valence-electron chi connectivity index (χ1n) is 7.71. The number of hydrogen-bond acceptors (Lipinski definition) is 3. The topological polar surface area (TPSA) is 67.0 Å². The lowest BCUT2D eigenvalue weighted by atomic mass is 10.1. The van der Waals surface area contributed by atoms with Gasteiger partial charge in [-0.25, -0.2) is 4.98 Å². The summed E-state index contributed by atoms with van der Waals surface area (Å²) >= 11 is 0. The van der Waals surface area contributed by atoms with Crippen LogP contribution in [0.1, 0.15) is 11.4 Å². The maximum absolute atomic E-state index is 12.0. The second-order valence-corrected chi connectivity index (χ2v) is 5.61. The minimum absolute atomic E-state index is 0.0229. The number of hydrogen-bond donors (Lipinski definition) is 2. The number of carbonyl (C=O) groups excluding carboxylic acids is 1. The number of amides is 1. The van der Waals surface area contributed by atoms with Crippen LogP contribution >= 0.6 is 0 Å². The molecule has 2 aromatic carbocycles. The van der Waals surface area contributed by atoms with Gasteiger partial charge in [0.05, 0.1) is 11.9 Å². The summed E-state index contributed by atoms with van der Waals surface area (Å²) in [6.45, 7) is 3.87. The summed E-state index contributed by atoms with van der Waals surface area (Å²) in [4.78, 5) is 19.3. The van der Waals surface area contributed by atoms with Gasteiger partial charge in [-0.1, -0.05) is 24.3 Å². The van der Waals surface area contributed by atoms with E-state index in [1.54, 1.807) is 6.20 Å². The van der Waals surface area contributed by atoms with Gasteiger partial charge in [0.15, 0.2) is 6.61 Å². The van der Waals surface area contributed by atoms with Crippen LogP contribution in [0.15, 0.2) is 54.7 Å². The molecule has 0 unspecified atom stereocenters. The van der Waals surface area contributed by atoms with Crippen LogP contribution in [0.3, 0.4) is 0 Å². The van der Waals surface area contributed by atoms with Gasteiger partial charge in [-0.3, -0.25) is 4.79 Å². The quantitative estimate of drug-likeness (QED) is 0.753. The molecule has 5 nitrogen and oxygen atoms in total. The Balaban J connectivity index is 1.56. The van der Waals surface area contributed by atoms with E-state index >= 15 is 0 Å². The monoisotopic (exact) mass is 321 g/mol. The van der Waals surface area contributed by atoms with Crippen LogP contribution in [0.5, 0.6) is 5.75 Å². The van der Waals surface area contributed by atoms with Crippen LogP contribution in [0.2, 0.25) is 0 Å². The van der Waals surface area contributed by atoms with Crippen molar-refractivity contribution in [2.24, 2.45) is 0 Å². The standard InChI is InChI=1S/C19H19N3O2/c1-13-4-3-5-17(10-13)24-12-19(23)22-16-8-6-15(7-9-16)18-11-20-14(2)21-18/h3-11H,12H2,1-2H3,(H,20,21)(H,22,23). The van der Waals surface area contributed by atoms with E-state index in [0.717, 1.165) is 28.3 Å². The molecule has 1 aromatic heterocycles. The van der Waals surface area contributed by atoms with E-state index < -0.39 is 0 Å². The molecule has 3 rings (SSSR count). The Morgan fingerprint density at radius 2 is 1.96 bits per heavy atom. The van der Waals surface area contributed by atoms with Crippen LogP contribution in [-0.4, -0.2) is 22.5 Å². The molecule has 0 bridgehead atoms. The number of aromatic nitrogens is 2. The van der Waals surface area contributed by atoms with Crippen molar-refractivity contribution in [2.75, 3.05) is 11.9 Å². The first kappa shape index (κ1) is 15.8. The molecule has 0 radical (unpaired) electrons. The summed E-state index contributed by atoms with van der Waals surface area (Å²) in [6.07, 6.45) is 1.79. The maximum atomic E-state index is 12.0. The third kappa shape index (κ3) is 4.01. The molecule has 2 N–H and O–H groups in total. The number of anilines is 1. The minimum Gasteiger partial charge on any atom is -0.484 e. The predicted octanol–water partition coefficient (Wildman–Crippen LogP) is 3.71. The molecule has 0 saturated heterocycles. The highest BCUT2D eigenvalue weighted by Crippen LogP contribution is 2.19. The molecule has 0 atom stereocenters. The van der Waals surface area contributed by atoms with Crippen LogP contribution in [0, 0.1) is 13.8 Å². The average molecular weight is 321 g/mol. The van der Waals surface area contributed by atoms with E-state index in [4.69, 9.17) is 4.74 Å². The third-order valence-electron chi connectivity index (χ3n) is 3.54. The number of rotatable bonds is 5. The van der Waals surface area contributed by atoms with E-state index in [1.165, 1.54) is 0 Å². The van der Waals surface area contributed by atoms with Gasteiger partial charge < -0.3 is 15.0 Å². The van der Waals surface area contributed by atoms with Crippen molar-refractivity contribution in [3.05, 3.63) is 66.1 Å². The van der Waals surface area contributed by atoms with E-state index in [-0.39, 0.29) is 12.5 Å². The normalized spacial score (nSPS) is 10.4. The van der Waals surface area contributed by atoms with Gasteiger partial charge in [0, 0.05) is 5.69 Å². The van der Waals surface area contributed by atoms with E-state index in [0.29, 0.717) is 5.75 Å². The first-order chi connectivity index (χ1) is 11.6. The zero-order valence-corrected chi connectivity index (χ0v) is 13.7. The van der Waals surface area contributed by atoms with Crippen molar-refractivity contribution < 1.29 is 9.53 Å². The van der Waals surface area contributed by atoms with Gasteiger partial charge in [-0.05, 0) is 49.2 Å². The second kappa shape index (κ2) is 7.00. The van der Waals surface area contributed by atoms with Crippen molar-refractivity contribution in [2.45, 2.75) is 13.8 Å². The molecule has 3 aromatic rings. The molecule has 24 heavy (non-hydrogen) atoms. The van der Waals surface area contributed by atoms with Gasteiger partial charge in [0.1, 0.15) is 11.6 Å². The smallest absolute Gasteiger partial charge is 0.262 e. The van der Waals surface area contributed by atoms with Crippen LogP contribution in [-0.2, 0) is 4.79 Å². The number of benzene rings is 2. The minimum atomic E-state index is -0.193. The SMILES string of the molecule is Cc1cccc(OCC(=O)Nc2ccc(-c3cnc(C)[nH]3)cc2)c1. The highest BCUT2D eigenvalue weighted by atomic mass is 16.5. The Morgan fingerprint density at radius 3 is 2.62 bits per heavy atom. The Labute approximate surface area is 140 Å². The van der Waals surface area contributed by atoms with Gasteiger partial charge in [-0.2, -0.15) is 0 Å². The fourth-order valence-electron chi connectivity index (χ4n) is 2.35. The molecule has 0 fully saturated rings. The molecule has 122 valence electrons. The van der Waals surface area contributed by atoms with Crippen molar-refractivity contribution >= 4 is 11.6 Å². The van der Waals surface area contributed by atoms with Gasteiger partial charge >= 0.3 is 0 Å². The zero-order valence-electron chi connectivity index (χ0n) is 13.7. The lowest BCUT2D eigenvalue weighted by Gasteiger charge is -2.08. The Morgan fingerprint density at radius 1 is 1.17 bits per heavy atom. The molecule has 1 amide bonds. The molecule has 0 spiro atoms. The molecule has 0 saturated carbocycles. The van der Waals surface area contributed by atoms with Crippen molar-refractivity contribution in [1.82, 2.24) is 9.97 Å². The van der Waals surface area contributed by atoms with Crippen molar-refractivity contribution in [3.8, 4) is 17.0 Å². The number of carbonyl (C=O) groups is 1. The van der Waals surface area contributed by atoms with Crippen LogP contribution < -0.4 is 10.1 Å². The highest BCUT2D eigenvalue weighted by molar-refractivity contribution is 5.92. The fraction of sp³-hybridized carbons (Fsp3) is 0.158. The Bertz CT molecular complexity index is 838. The number of aryl methyl sites for hydroxylation is 2. The molecular weight excluding hydrogens is 302 g/mol. The van der Waals surface area contributed by atoms with Crippen molar-refractivity contribution in [3.63, 3.8) is 0 Å².